The second-order valence-electron chi connectivity index (χ2n) is 7.51. The van der Waals surface area contributed by atoms with E-state index >= 15 is 0 Å². The average molecular weight is 529 g/mol. The van der Waals surface area contributed by atoms with Gasteiger partial charge in [-0.05, 0) is 42.0 Å². The van der Waals surface area contributed by atoms with E-state index in [-0.39, 0.29) is 16.3 Å². The number of carbonyl (C=O) groups is 2. The van der Waals surface area contributed by atoms with Crippen LogP contribution in [0.3, 0.4) is 0 Å². The zero-order valence-electron chi connectivity index (χ0n) is 15.4. The van der Waals surface area contributed by atoms with Crippen LogP contribution in [0.25, 0.3) is 0 Å². The van der Waals surface area contributed by atoms with Crippen molar-refractivity contribution in [1.82, 2.24) is 5.32 Å². The van der Waals surface area contributed by atoms with Crippen molar-refractivity contribution in [3.8, 4) is 0 Å². The van der Waals surface area contributed by atoms with Gasteiger partial charge in [-0.3, -0.25) is 9.59 Å². The van der Waals surface area contributed by atoms with Crippen molar-refractivity contribution in [2.24, 2.45) is 5.92 Å². The van der Waals surface area contributed by atoms with E-state index in [1.54, 1.807) is 18.2 Å². The molecule has 2 aliphatic carbocycles. The Bertz CT molecular complexity index is 1070. The number of hydrogen-bond donors (Lipinski definition) is 2. The standard InChI is InChI=1S/C20H13Cl5F2N2O2/c21-9-3-8(4-10(22)5-9)15-16(20(15,24)25)18(31)28-11-1-2-13(23)12(6-11)17(30)29-14-7-19(14,26)27/h1-6,14-16H,7H2,(H,28,31)(H,29,30). The van der Waals surface area contributed by atoms with Gasteiger partial charge in [-0.2, -0.15) is 0 Å². The van der Waals surface area contributed by atoms with Crippen LogP contribution in [0.5, 0.6) is 0 Å². The molecule has 3 unspecified atom stereocenters. The van der Waals surface area contributed by atoms with E-state index in [0.29, 0.717) is 15.6 Å². The minimum Gasteiger partial charge on any atom is -0.343 e. The molecule has 31 heavy (non-hydrogen) atoms. The summed E-state index contributed by atoms with van der Waals surface area (Å²) in [6.45, 7) is 0. The predicted octanol–water partition coefficient (Wildman–Crippen LogP) is 6.31. The third-order valence-electron chi connectivity index (χ3n) is 5.19. The number of amides is 2. The highest BCUT2D eigenvalue weighted by molar-refractivity contribution is 6.53. The molecule has 2 aromatic rings. The monoisotopic (exact) mass is 526 g/mol. The Morgan fingerprint density at radius 1 is 1.00 bits per heavy atom. The SMILES string of the molecule is O=C(NC1CC1(F)F)c1cc(NC(=O)C2C(c3cc(Cl)cc(Cl)c3)C2(Cl)Cl)ccc1Cl. The average Bonchev–Trinajstić information content (AvgIpc) is 3.45. The Balaban J connectivity index is 1.49. The third kappa shape index (κ3) is 4.60. The first kappa shape index (κ1) is 22.9. The van der Waals surface area contributed by atoms with E-state index in [1.165, 1.54) is 18.2 Å². The predicted molar refractivity (Wildman–Crippen MR) is 118 cm³/mol. The molecule has 0 aromatic heterocycles. The lowest BCUT2D eigenvalue weighted by Gasteiger charge is -2.10. The molecule has 2 aliphatic rings. The molecule has 0 aliphatic heterocycles. The summed E-state index contributed by atoms with van der Waals surface area (Å²) in [5.41, 5.74) is 0.810. The van der Waals surface area contributed by atoms with Gasteiger partial charge >= 0.3 is 0 Å². The van der Waals surface area contributed by atoms with Crippen molar-refractivity contribution in [3.63, 3.8) is 0 Å². The summed E-state index contributed by atoms with van der Waals surface area (Å²) in [6.07, 6.45) is -0.420. The molecule has 4 nitrogen and oxygen atoms in total. The fraction of sp³-hybridized carbons (Fsp3) is 0.300. The van der Waals surface area contributed by atoms with Crippen LogP contribution in [0, 0.1) is 5.92 Å². The lowest BCUT2D eigenvalue weighted by Crippen LogP contribution is -2.29. The molecule has 2 N–H and O–H groups in total. The van der Waals surface area contributed by atoms with E-state index in [2.05, 4.69) is 10.6 Å². The Morgan fingerprint density at radius 2 is 1.61 bits per heavy atom. The zero-order chi connectivity index (χ0) is 22.7. The summed E-state index contributed by atoms with van der Waals surface area (Å²) in [6, 6.07) is 7.74. The van der Waals surface area contributed by atoms with Gasteiger partial charge in [0.25, 0.3) is 11.8 Å². The van der Waals surface area contributed by atoms with Gasteiger partial charge < -0.3 is 10.6 Å². The van der Waals surface area contributed by atoms with Gasteiger partial charge in [0.1, 0.15) is 4.33 Å². The first-order valence-corrected chi connectivity index (χ1v) is 10.9. The van der Waals surface area contributed by atoms with Gasteiger partial charge in [-0.25, -0.2) is 8.78 Å². The summed E-state index contributed by atoms with van der Waals surface area (Å²) in [5, 5.41) is 5.67. The van der Waals surface area contributed by atoms with Crippen molar-refractivity contribution >= 4 is 75.5 Å². The maximum absolute atomic E-state index is 13.1. The summed E-state index contributed by atoms with van der Waals surface area (Å²) in [4.78, 5) is 25.1. The first-order chi connectivity index (χ1) is 14.4. The second kappa shape index (κ2) is 7.92. The minimum absolute atomic E-state index is 0.0425. The fourth-order valence-electron chi connectivity index (χ4n) is 3.43. The minimum atomic E-state index is -2.91. The van der Waals surface area contributed by atoms with Gasteiger partial charge in [0, 0.05) is 28.1 Å². The fourth-order valence-corrected chi connectivity index (χ4v) is 5.00. The van der Waals surface area contributed by atoms with Crippen LogP contribution >= 0.6 is 58.0 Å². The summed E-state index contributed by atoms with van der Waals surface area (Å²) in [7, 11) is 0. The van der Waals surface area contributed by atoms with Gasteiger partial charge in [-0.15, -0.1) is 23.2 Å². The topological polar surface area (TPSA) is 58.2 Å². The van der Waals surface area contributed by atoms with E-state index in [0.717, 1.165) is 0 Å². The number of carbonyl (C=O) groups excluding carboxylic acids is 2. The van der Waals surface area contributed by atoms with E-state index in [1.807, 2.05) is 0 Å². The van der Waals surface area contributed by atoms with E-state index in [9.17, 15) is 18.4 Å². The molecular weight excluding hydrogens is 515 g/mol. The van der Waals surface area contributed by atoms with Crippen molar-refractivity contribution in [2.45, 2.75) is 28.6 Å². The van der Waals surface area contributed by atoms with Crippen LogP contribution in [0.1, 0.15) is 28.3 Å². The van der Waals surface area contributed by atoms with Crippen LogP contribution in [-0.4, -0.2) is 28.1 Å². The smallest absolute Gasteiger partial charge is 0.270 e. The van der Waals surface area contributed by atoms with Crippen LogP contribution in [0.4, 0.5) is 14.5 Å². The molecule has 0 heterocycles. The van der Waals surface area contributed by atoms with Crippen LogP contribution < -0.4 is 10.6 Å². The highest BCUT2D eigenvalue weighted by Crippen LogP contribution is 2.65. The molecule has 3 atom stereocenters. The molecule has 2 saturated carbocycles. The van der Waals surface area contributed by atoms with Crippen LogP contribution in [-0.2, 0) is 4.79 Å². The molecular formula is C20H13Cl5F2N2O2. The number of hydrogen-bond acceptors (Lipinski definition) is 2. The molecule has 11 heteroatoms. The van der Waals surface area contributed by atoms with Crippen molar-refractivity contribution in [1.29, 1.82) is 0 Å². The molecule has 164 valence electrons. The summed E-state index contributed by atoms with van der Waals surface area (Å²) >= 11 is 30.7. The Hall–Kier alpha value is -1.31. The molecule has 2 aromatic carbocycles. The first-order valence-electron chi connectivity index (χ1n) is 9.03. The summed E-state index contributed by atoms with van der Waals surface area (Å²) in [5.74, 6) is -5.51. The van der Waals surface area contributed by atoms with Gasteiger partial charge in [0.05, 0.1) is 22.5 Å². The molecule has 2 fully saturated rings. The second-order valence-corrected chi connectivity index (χ2v) is 10.2. The zero-order valence-corrected chi connectivity index (χ0v) is 19.1. The molecule has 2 amide bonds. The van der Waals surface area contributed by atoms with E-state index in [4.69, 9.17) is 58.0 Å². The maximum atomic E-state index is 13.1. The quantitative estimate of drug-likeness (QED) is 0.447. The Labute approximate surface area is 201 Å². The highest BCUT2D eigenvalue weighted by Gasteiger charge is 2.67. The Kier molecular flexibility index (Phi) is 5.85. The largest absolute Gasteiger partial charge is 0.343 e. The van der Waals surface area contributed by atoms with Gasteiger partial charge in [0.15, 0.2) is 0 Å². The molecule has 0 bridgehead atoms. The molecule has 0 spiro atoms. The molecule has 0 saturated heterocycles. The maximum Gasteiger partial charge on any atom is 0.270 e. The normalized spacial score (nSPS) is 24.9. The Morgan fingerprint density at radius 3 is 2.19 bits per heavy atom. The van der Waals surface area contributed by atoms with Crippen molar-refractivity contribution in [2.75, 3.05) is 5.32 Å². The summed E-state index contributed by atoms with van der Waals surface area (Å²) < 4.78 is 24.8. The number of anilines is 1. The van der Waals surface area contributed by atoms with Crippen molar-refractivity contribution < 1.29 is 18.4 Å². The molecule has 0 radical (unpaired) electrons. The third-order valence-corrected chi connectivity index (χ3v) is 6.90. The lowest BCUT2D eigenvalue weighted by atomic mass is 10.1. The molecule has 4 rings (SSSR count). The number of halogens is 7. The van der Waals surface area contributed by atoms with Gasteiger partial charge in [0.2, 0.25) is 5.91 Å². The van der Waals surface area contributed by atoms with Crippen molar-refractivity contribution in [3.05, 3.63) is 62.6 Å². The number of benzene rings is 2. The number of alkyl halides is 4. The van der Waals surface area contributed by atoms with Gasteiger partial charge in [-0.1, -0.05) is 34.8 Å². The van der Waals surface area contributed by atoms with Crippen LogP contribution in [0.2, 0.25) is 15.1 Å². The lowest BCUT2D eigenvalue weighted by molar-refractivity contribution is -0.117. The number of rotatable bonds is 5. The van der Waals surface area contributed by atoms with Crippen LogP contribution in [0.15, 0.2) is 36.4 Å². The highest BCUT2D eigenvalue weighted by atomic mass is 35.5. The number of nitrogens with one attached hydrogen (secondary N) is 2. The van der Waals surface area contributed by atoms with E-state index < -0.39 is 46.4 Å².